The number of carbonyl (C=O) groups is 1. The van der Waals surface area contributed by atoms with Gasteiger partial charge >= 0.3 is 0 Å². The molecule has 2 saturated heterocycles. The zero-order valence-corrected chi connectivity index (χ0v) is 19.4. The van der Waals surface area contributed by atoms with Crippen LogP contribution in [0.1, 0.15) is 29.5 Å². The average Bonchev–Trinajstić information content (AvgIpc) is 3.29. The molecule has 0 bridgehead atoms. The van der Waals surface area contributed by atoms with Crippen molar-refractivity contribution in [2.75, 3.05) is 42.6 Å². The number of morpholine rings is 1. The summed E-state index contributed by atoms with van der Waals surface area (Å²) in [6.07, 6.45) is 1.79. The van der Waals surface area contributed by atoms with Gasteiger partial charge in [-0.2, -0.15) is 4.31 Å². The third-order valence-electron chi connectivity index (χ3n) is 6.79. The number of ether oxygens (including phenoxy) is 1. The summed E-state index contributed by atoms with van der Waals surface area (Å²) in [5.41, 5.74) is 4.97. The van der Waals surface area contributed by atoms with E-state index in [1.807, 2.05) is 19.9 Å². The molecule has 0 spiro atoms. The van der Waals surface area contributed by atoms with E-state index in [0.717, 1.165) is 41.8 Å². The Morgan fingerprint density at radius 3 is 2.56 bits per heavy atom. The maximum absolute atomic E-state index is 13.5. The van der Waals surface area contributed by atoms with Crippen molar-refractivity contribution >= 4 is 27.3 Å². The van der Waals surface area contributed by atoms with Crippen LogP contribution in [0.25, 0.3) is 0 Å². The molecule has 3 aliphatic heterocycles. The van der Waals surface area contributed by atoms with Gasteiger partial charge in [0.2, 0.25) is 15.9 Å². The minimum Gasteiger partial charge on any atom is -0.379 e. The summed E-state index contributed by atoms with van der Waals surface area (Å²) < 4.78 is 33.4. The van der Waals surface area contributed by atoms with E-state index in [9.17, 15) is 13.2 Å². The molecule has 0 unspecified atom stereocenters. The third-order valence-corrected chi connectivity index (χ3v) is 8.69. The largest absolute Gasteiger partial charge is 0.379 e. The van der Waals surface area contributed by atoms with Crippen LogP contribution in [-0.2, 0) is 26.1 Å². The van der Waals surface area contributed by atoms with Crippen LogP contribution >= 0.6 is 0 Å². The van der Waals surface area contributed by atoms with Crippen molar-refractivity contribution in [3.8, 4) is 0 Å². The van der Waals surface area contributed by atoms with Crippen LogP contribution in [0, 0.1) is 13.8 Å². The molecule has 0 N–H and O–H groups in total. The first kappa shape index (κ1) is 21.4. The molecule has 0 aliphatic carbocycles. The Kier molecular flexibility index (Phi) is 5.47. The summed E-state index contributed by atoms with van der Waals surface area (Å²) in [7, 11) is -3.65. The first-order valence-electron chi connectivity index (χ1n) is 11.2. The van der Waals surface area contributed by atoms with Crippen molar-refractivity contribution in [2.45, 2.75) is 44.2 Å². The van der Waals surface area contributed by atoms with Gasteiger partial charge in [-0.1, -0.05) is 23.8 Å². The first-order chi connectivity index (χ1) is 15.4. The van der Waals surface area contributed by atoms with Gasteiger partial charge < -0.3 is 14.5 Å². The Morgan fingerprint density at radius 1 is 1.00 bits per heavy atom. The predicted molar refractivity (Wildman–Crippen MR) is 123 cm³/mol. The lowest BCUT2D eigenvalue weighted by atomic mass is 10.0. The van der Waals surface area contributed by atoms with E-state index in [4.69, 9.17) is 4.74 Å². The van der Waals surface area contributed by atoms with Crippen LogP contribution < -0.4 is 9.80 Å². The molecule has 8 heteroatoms. The molecule has 1 amide bonds. The SMILES string of the molecule is Cc1ccc(C)c(CN2C(=O)[C@@H]3CCCN3c3ccc(S(=O)(=O)N4CCOCC4)cc32)c1. The number of sulfonamides is 1. The Balaban J connectivity index is 1.58. The van der Waals surface area contributed by atoms with Crippen molar-refractivity contribution in [2.24, 2.45) is 0 Å². The van der Waals surface area contributed by atoms with E-state index in [2.05, 4.69) is 23.1 Å². The van der Waals surface area contributed by atoms with Gasteiger partial charge in [0.15, 0.2) is 0 Å². The minimum absolute atomic E-state index is 0.0526. The molecule has 0 saturated carbocycles. The monoisotopic (exact) mass is 455 g/mol. The molecule has 170 valence electrons. The van der Waals surface area contributed by atoms with E-state index in [1.165, 1.54) is 4.31 Å². The van der Waals surface area contributed by atoms with Crippen molar-refractivity contribution in [1.82, 2.24) is 4.31 Å². The van der Waals surface area contributed by atoms with Crippen molar-refractivity contribution in [3.05, 3.63) is 53.1 Å². The lowest BCUT2D eigenvalue weighted by molar-refractivity contribution is -0.120. The molecular weight excluding hydrogens is 426 g/mol. The number of anilines is 2. The second kappa shape index (κ2) is 8.17. The predicted octanol–water partition coefficient (Wildman–Crippen LogP) is 2.84. The highest BCUT2D eigenvalue weighted by atomic mass is 32.2. The van der Waals surface area contributed by atoms with Gasteiger partial charge in [-0.05, 0) is 56.0 Å². The summed E-state index contributed by atoms with van der Waals surface area (Å²) in [4.78, 5) is 17.7. The van der Waals surface area contributed by atoms with E-state index < -0.39 is 10.0 Å². The molecule has 1 atom stereocenters. The van der Waals surface area contributed by atoms with Crippen molar-refractivity contribution in [3.63, 3.8) is 0 Å². The van der Waals surface area contributed by atoms with Gasteiger partial charge in [0, 0.05) is 19.6 Å². The highest BCUT2D eigenvalue weighted by molar-refractivity contribution is 7.89. The molecule has 3 aliphatic rings. The number of carbonyl (C=O) groups excluding carboxylic acids is 1. The molecule has 0 radical (unpaired) electrons. The summed E-state index contributed by atoms with van der Waals surface area (Å²) in [5, 5.41) is 0. The molecule has 2 aromatic rings. The van der Waals surface area contributed by atoms with Crippen molar-refractivity contribution < 1.29 is 17.9 Å². The maximum atomic E-state index is 13.5. The van der Waals surface area contributed by atoms with Gasteiger partial charge in [0.05, 0.1) is 36.0 Å². The van der Waals surface area contributed by atoms with Gasteiger partial charge in [-0.3, -0.25) is 4.79 Å². The van der Waals surface area contributed by atoms with Gasteiger partial charge in [0.1, 0.15) is 6.04 Å². The van der Waals surface area contributed by atoms with E-state index >= 15 is 0 Å². The molecule has 0 aromatic heterocycles. The van der Waals surface area contributed by atoms with Crippen LogP contribution in [0.2, 0.25) is 0 Å². The second-order valence-corrected chi connectivity index (χ2v) is 10.8. The Morgan fingerprint density at radius 2 is 1.78 bits per heavy atom. The highest BCUT2D eigenvalue weighted by Crippen LogP contribution is 2.42. The van der Waals surface area contributed by atoms with Gasteiger partial charge in [0.25, 0.3) is 0 Å². The topological polar surface area (TPSA) is 70.2 Å². The molecule has 5 rings (SSSR count). The number of amides is 1. The Labute approximate surface area is 189 Å². The average molecular weight is 456 g/mol. The summed E-state index contributed by atoms with van der Waals surface area (Å²) in [5.74, 6) is 0.0526. The smallest absolute Gasteiger partial charge is 0.250 e. The summed E-state index contributed by atoms with van der Waals surface area (Å²) in [6.45, 7) is 6.83. The lowest BCUT2D eigenvalue weighted by Gasteiger charge is -2.40. The fourth-order valence-electron chi connectivity index (χ4n) is 4.97. The zero-order valence-electron chi connectivity index (χ0n) is 18.6. The minimum atomic E-state index is -3.65. The van der Waals surface area contributed by atoms with Crippen LogP contribution in [-0.4, -0.2) is 57.5 Å². The molecule has 7 nitrogen and oxygen atoms in total. The van der Waals surface area contributed by atoms with E-state index in [-0.39, 0.29) is 16.8 Å². The molecule has 2 fully saturated rings. The number of rotatable bonds is 4. The van der Waals surface area contributed by atoms with Crippen LogP contribution in [0.3, 0.4) is 0 Å². The number of nitrogens with zero attached hydrogens (tertiary/aromatic N) is 3. The Bertz CT molecular complexity index is 1160. The van der Waals surface area contributed by atoms with Crippen molar-refractivity contribution in [1.29, 1.82) is 0 Å². The summed E-state index contributed by atoms with van der Waals surface area (Å²) in [6, 6.07) is 11.3. The fraction of sp³-hybridized carbons (Fsp3) is 0.458. The molecule has 3 heterocycles. The number of benzene rings is 2. The van der Waals surface area contributed by atoms with Crippen LogP contribution in [0.5, 0.6) is 0 Å². The zero-order chi connectivity index (χ0) is 22.5. The number of hydrogen-bond donors (Lipinski definition) is 0. The fourth-order valence-corrected chi connectivity index (χ4v) is 6.40. The quantitative estimate of drug-likeness (QED) is 0.709. The summed E-state index contributed by atoms with van der Waals surface area (Å²) >= 11 is 0. The molecule has 2 aromatic carbocycles. The van der Waals surface area contributed by atoms with Gasteiger partial charge in [-0.15, -0.1) is 0 Å². The third kappa shape index (κ3) is 3.60. The molecular formula is C24H29N3O4S. The van der Waals surface area contributed by atoms with Gasteiger partial charge in [-0.25, -0.2) is 8.42 Å². The van der Waals surface area contributed by atoms with E-state index in [1.54, 1.807) is 17.0 Å². The number of hydrogen-bond acceptors (Lipinski definition) is 5. The molecule has 32 heavy (non-hydrogen) atoms. The number of aryl methyl sites for hydroxylation is 2. The normalized spacial score (nSPS) is 21.6. The lowest BCUT2D eigenvalue weighted by Crippen LogP contribution is -2.50. The maximum Gasteiger partial charge on any atom is 0.250 e. The second-order valence-electron chi connectivity index (χ2n) is 8.87. The number of fused-ring (bicyclic) bond motifs is 3. The van der Waals surface area contributed by atoms with Crippen LogP contribution in [0.15, 0.2) is 41.3 Å². The Hall–Kier alpha value is -2.42. The van der Waals surface area contributed by atoms with Crippen LogP contribution in [0.4, 0.5) is 11.4 Å². The van der Waals surface area contributed by atoms with E-state index in [0.29, 0.717) is 38.5 Å². The first-order valence-corrected chi connectivity index (χ1v) is 12.7. The standard InChI is InChI=1S/C24H29N3O4S/c1-17-5-6-18(2)19(14-17)16-27-23-15-20(32(29,30)25-10-12-31-13-11-25)7-8-21(23)26-9-3-4-22(26)24(27)28/h5-8,14-15,22H,3-4,9-13,16H2,1-2H3/t22-/m0/s1. The highest BCUT2D eigenvalue weighted by Gasteiger charge is 2.41.